The number of cyclic esters (lactones) is 1. The molecule has 0 aromatic heterocycles. The standard InChI is InChI=1S/C16H18F3N5O2S/c1-2-5-22-23-9-21-13-4-3-10(6-12(13)17)24-8-11(26-16(24)25)7-20-15(27)14(18)19/h1,3-4,6,11,14,21-23H,5,7-9H2,(H,20,27)/t11-/m0/s1. The second kappa shape index (κ2) is 9.96. The zero-order chi connectivity index (χ0) is 19.8. The van der Waals surface area contributed by atoms with E-state index in [2.05, 4.69) is 39.6 Å². The number of ether oxygens (including phenoxy) is 1. The van der Waals surface area contributed by atoms with Crippen LogP contribution in [0.15, 0.2) is 18.2 Å². The van der Waals surface area contributed by atoms with Crippen LogP contribution >= 0.6 is 12.2 Å². The molecule has 0 aliphatic carbocycles. The first-order valence-electron chi connectivity index (χ1n) is 7.89. The van der Waals surface area contributed by atoms with Crippen molar-refractivity contribution in [2.45, 2.75) is 12.5 Å². The molecule has 0 bridgehead atoms. The summed E-state index contributed by atoms with van der Waals surface area (Å²) in [6.45, 7) is 0.574. The number of carbonyl (C=O) groups is 1. The third kappa shape index (κ3) is 5.99. The molecule has 4 N–H and O–H groups in total. The summed E-state index contributed by atoms with van der Waals surface area (Å²) in [5.74, 6) is 1.80. The van der Waals surface area contributed by atoms with Crippen LogP contribution in [0.2, 0.25) is 0 Å². The first-order chi connectivity index (χ1) is 12.9. The highest BCUT2D eigenvalue weighted by Gasteiger charge is 2.33. The molecule has 1 aromatic rings. The van der Waals surface area contributed by atoms with Gasteiger partial charge in [-0.15, -0.1) is 6.42 Å². The van der Waals surface area contributed by atoms with E-state index in [1.54, 1.807) is 6.07 Å². The summed E-state index contributed by atoms with van der Waals surface area (Å²) >= 11 is 4.46. The van der Waals surface area contributed by atoms with Crippen molar-refractivity contribution in [1.29, 1.82) is 0 Å². The molecule has 1 saturated heterocycles. The van der Waals surface area contributed by atoms with E-state index in [0.29, 0.717) is 12.2 Å². The topological polar surface area (TPSA) is 77.7 Å². The maximum atomic E-state index is 14.2. The number of hydrogen-bond donors (Lipinski definition) is 4. The van der Waals surface area contributed by atoms with Gasteiger partial charge in [-0.2, -0.15) is 0 Å². The molecule has 0 unspecified atom stereocenters. The van der Waals surface area contributed by atoms with Crippen molar-refractivity contribution in [1.82, 2.24) is 16.2 Å². The molecule has 1 heterocycles. The number of alkyl halides is 2. The lowest BCUT2D eigenvalue weighted by molar-refractivity contribution is 0.142. The summed E-state index contributed by atoms with van der Waals surface area (Å²) in [4.78, 5) is 12.6. The lowest BCUT2D eigenvalue weighted by Gasteiger charge is -2.15. The normalized spacial score (nSPS) is 16.2. The monoisotopic (exact) mass is 401 g/mol. The number of amides is 1. The summed E-state index contributed by atoms with van der Waals surface area (Å²) < 4.78 is 44.0. The molecule has 146 valence electrons. The first-order valence-corrected chi connectivity index (χ1v) is 8.29. The average molecular weight is 401 g/mol. The Labute approximate surface area is 159 Å². The van der Waals surface area contributed by atoms with Crippen LogP contribution in [0.4, 0.5) is 29.3 Å². The Morgan fingerprint density at radius 2 is 2.22 bits per heavy atom. The summed E-state index contributed by atoms with van der Waals surface area (Å²) in [5.41, 5.74) is 5.98. The quantitative estimate of drug-likeness (QED) is 0.164. The van der Waals surface area contributed by atoms with Crippen molar-refractivity contribution in [3.05, 3.63) is 24.0 Å². The van der Waals surface area contributed by atoms with E-state index in [-0.39, 0.29) is 25.4 Å². The second-order valence-electron chi connectivity index (χ2n) is 5.41. The van der Waals surface area contributed by atoms with Gasteiger partial charge >= 0.3 is 6.09 Å². The van der Waals surface area contributed by atoms with E-state index < -0.39 is 29.4 Å². The number of thiocarbonyl (C=S) groups is 1. The van der Waals surface area contributed by atoms with Crippen LogP contribution in [0, 0.1) is 18.2 Å². The van der Waals surface area contributed by atoms with E-state index in [9.17, 15) is 18.0 Å². The number of nitrogens with one attached hydrogen (secondary N) is 4. The number of benzene rings is 1. The van der Waals surface area contributed by atoms with Crippen molar-refractivity contribution >= 4 is 34.7 Å². The summed E-state index contributed by atoms with van der Waals surface area (Å²) in [5, 5.41) is 5.15. The number of hydrogen-bond acceptors (Lipinski definition) is 6. The molecule has 7 nitrogen and oxygen atoms in total. The van der Waals surface area contributed by atoms with Gasteiger partial charge in [-0.05, 0) is 18.2 Å². The largest absolute Gasteiger partial charge is 0.442 e. The Bertz CT molecular complexity index is 728. The molecule has 11 heteroatoms. The Balaban J connectivity index is 1.90. The van der Waals surface area contributed by atoms with Crippen LogP contribution in [0.1, 0.15) is 0 Å². The molecule has 1 aliphatic rings. The van der Waals surface area contributed by atoms with Crippen molar-refractivity contribution in [2.75, 3.05) is 36.5 Å². The molecule has 0 radical (unpaired) electrons. The number of halogens is 3. The van der Waals surface area contributed by atoms with Crippen LogP contribution < -0.4 is 26.4 Å². The minimum atomic E-state index is -2.78. The highest BCUT2D eigenvalue weighted by Crippen LogP contribution is 2.25. The predicted molar refractivity (Wildman–Crippen MR) is 99.1 cm³/mol. The molecule has 0 saturated carbocycles. The SMILES string of the molecule is C#CCNNCNc1ccc(N2C[C@H](CNC(=S)C(F)F)OC2=O)cc1F. The van der Waals surface area contributed by atoms with Crippen molar-refractivity contribution < 1.29 is 22.7 Å². The third-order valence-electron chi connectivity index (χ3n) is 3.52. The van der Waals surface area contributed by atoms with Gasteiger partial charge in [0.15, 0.2) is 0 Å². The Morgan fingerprint density at radius 1 is 1.44 bits per heavy atom. The van der Waals surface area contributed by atoms with Crippen LogP contribution in [-0.4, -0.2) is 49.9 Å². The van der Waals surface area contributed by atoms with Gasteiger partial charge in [0.05, 0.1) is 37.7 Å². The summed E-state index contributed by atoms with van der Waals surface area (Å²) in [6.07, 6.45) is 0.923. The number of nitrogens with zero attached hydrogens (tertiary/aromatic N) is 1. The molecule has 1 atom stereocenters. The lowest BCUT2D eigenvalue weighted by atomic mass is 10.2. The summed E-state index contributed by atoms with van der Waals surface area (Å²) in [7, 11) is 0. The fourth-order valence-electron chi connectivity index (χ4n) is 2.26. The summed E-state index contributed by atoms with van der Waals surface area (Å²) in [6, 6.07) is 4.19. The number of terminal acetylenes is 1. The average Bonchev–Trinajstić information content (AvgIpc) is 3.01. The smallest absolute Gasteiger partial charge is 0.414 e. The Kier molecular flexibility index (Phi) is 7.66. The van der Waals surface area contributed by atoms with Gasteiger partial charge in [0.25, 0.3) is 6.43 Å². The van der Waals surface area contributed by atoms with Crippen LogP contribution in [-0.2, 0) is 4.74 Å². The second-order valence-corrected chi connectivity index (χ2v) is 5.85. The fourth-order valence-corrected chi connectivity index (χ4v) is 2.34. The number of anilines is 2. The molecule has 1 aliphatic heterocycles. The van der Waals surface area contributed by atoms with Crippen LogP contribution in [0.5, 0.6) is 0 Å². The molecular weight excluding hydrogens is 383 g/mol. The van der Waals surface area contributed by atoms with E-state index in [0.717, 1.165) is 0 Å². The highest BCUT2D eigenvalue weighted by atomic mass is 32.1. The van der Waals surface area contributed by atoms with E-state index in [1.165, 1.54) is 17.0 Å². The lowest BCUT2D eigenvalue weighted by Crippen LogP contribution is -2.36. The van der Waals surface area contributed by atoms with Gasteiger partial charge in [0, 0.05) is 0 Å². The number of rotatable bonds is 9. The van der Waals surface area contributed by atoms with E-state index in [1.807, 2.05) is 0 Å². The molecule has 1 fully saturated rings. The minimum Gasteiger partial charge on any atom is -0.442 e. The Hall–Kier alpha value is -2.55. The zero-order valence-electron chi connectivity index (χ0n) is 14.1. The fraction of sp³-hybridized carbons (Fsp3) is 0.375. The zero-order valence-corrected chi connectivity index (χ0v) is 14.9. The molecule has 1 amide bonds. The maximum Gasteiger partial charge on any atom is 0.414 e. The minimum absolute atomic E-state index is 0.0517. The van der Waals surface area contributed by atoms with Crippen molar-refractivity contribution in [2.24, 2.45) is 0 Å². The van der Waals surface area contributed by atoms with Gasteiger partial charge in [0.2, 0.25) is 0 Å². The van der Waals surface area contributed by atoms with Gasteiger partial charge < -0.3 is 15.4 Å². The van der Waals surface area contributed by atoms with E-state index >= 15 is 0 Å². The first kappa shape index (κ1) is 20.8. The van der Waals surface area contributed by atoms with E-state index in [4.69, 9.17) is 11.2 Å². The van der Waals surface area contributed by atoms with Gasteiger partial charge in [0.1, 0.15) is 16.9 Å². The molecule has 2 rings (SSSR count). The maximum absolute atomic E-state index is 14.2. The third-order valence-corrected chi connectivity index (χ3v) is 3.85. The van der Waals surface area contributed by atoms with Crippen molar-refractivity contribution in [3.63, 3.8) is 0 Å². The van der Waals surface area contributed by atoms with Crippen molar-refractivity contribution in [3.8, 4) is 12.3 Å². The van der Waals surface area contributed by atoms with Crippen LogP contribution in [0.3, 0.4) is 0 Å². The molecule has 0 spiro atoms. The number of carbonyl (C=O) groups excluding carboxylic acids is 1. The molecule has 27 heavy (non-hydrogen) atoms. The predicted octanol–water partition coefficient (Wildman–Crippen LogP) is 1.43. The molecular formula is C16H18F3N5O2S. The van der Waals surface area contributed by atoms with Crippen LogP contribution in [0.25, 0.3) is 0 Å². The number of hydrazine groups is 1. The molecule has 1 aromatic carbocycles. The van der Waals surface area contributed by atoms with Gasteiger partial charge in [-0.25, -0.2) is 28.8 Å². The van der Waals surface area contributed by atoms with Gasteiger partial charge in [-0.3, -0.25) is 4.90 Å². The Morgan fingerprint density at radius 3 is 2.89 bits per heavy atom. The highest BCUT2D eigenvalue weighted by molar-refractivity contribution is 7.80. The van der Waals surface area contributed by atoms with Gasteiger partial charge in [-0.1, -0.05) is 18.1 Å².